The fourth-order valence-corrected chi connectivity index (χ4v) is 3.20. The lowest BCUT2D eigenvalue weighted by atomic mass is 10.1. The summed E-state index contributed by atoms with van der Waals surface area (Å²) in [6.07, 6.45) is 3.65. The molecule has 0 saturated heterocycles. The SMILES string of the molecule is O=C(CN1C(=O)c2ccccc2C1=O)Nc1ccc(Cl)cc1-n1cccc1. The molecule has 134 valence electrons. The van der Waals surface area contributed by atoms with E-state index in [0.717, 1.165) is 4.90 Å². The molecule has 7 heteroatoms. The Kier molecular flexibility index (Phi) is 4.25. The molecule has 0 spiro atoms. The number of nitrogens with zero attached hydrogens (tertiary/aromatic N) is 2. The number of hydrogen-bond acceptors (Lipinski definition) is 3. The lowest BCUT2D eigenvalue weighted by molar-refractivity contribution is -0.116. The summed E-state index contributed by atoms with van der Waals surface area (Å²) in [6.45, 7) is -0.361. The molecule has 0 bridgehead atoms. The van der Waals surface area contributed by atoms with Crippen LogP contribution in [0.15, 0.2) is 67.0 Å². The number of nitrogens with one attached hydrogen (secondary N) is 1. The zero-order valence-corrected chi connectivity index (χ0v) is 14.8. The van der Waals surface area contributed by atoms with Crippen molar-refractivity contribution in [1.82, 2.24) is 9.47 Å². The molecular formula is C20H14ClN3O3. The maximum absolute atomic E-state index is 12.5. The average molecular weight is 380 g/mol. The first-order valence-electron chi connectivity index (χ1n) is 8.22. The summed E-state index contributed by atoms with van der Waals surface area (Å²) in [5.74, 6) is -1.40. The van der Waals surface area contributed by atoms with Crippen molar-refractivity contribution in [3.8, 4) is 5.69 Å². The van der Waals surface area contributed by atoms with Gasteiger partial charge in [-0.05, 0) is 42.5 Å². The fraction of sp³-hybridized carbons (Fsp3) is 0.0500. The van der Waals surface area contributed by atoms with Crippen molar-refractivity contribution in [2.24, 2.45) is 0 Å². The Morgan fingerprint density at radius 3 is 2.19 bits per heavy atom. The number of carbonyl (C=O) groups is 3. The third-order valence-corrected chi connectivity index (χ3v) is 4.53. The third kappa shape index (κ3) is 3.11. The van der Waals surface area contributed by atoms with Crippen molar-refractivity contribution < 1.29 is 14.4 Å². The third-order valence-electron chi connectivity index (χ3n) is 4.30. The molecule has 27 heavy (non-hydrogen) atoms. The molecule has 0 aliphatic carbocycles. The molecule has 1 aliphatic rings. The van der Waals surface area contributed by atoms with Crippen LogP contribution in [-0.4, -0.2) is 33.7 Å². The predicted molar refractivity (Wildman–Crippen MR) is 101 cm³/mol. The summed E-state index contributed by atoms with van der Waals surface area (Å²) in [7, 11) is 0. The molecular weight excluding hydrogens is 366 g/mol. The Morgan fingerprint density at radius 2 is 1.56 bits per heavy atom. The van der Waals surface area contributed by atoms with Crippen LogP contribution >= 0.6 is 11.6 Å². The minimum atomic E-state index is -0.472. The highest BCUT2D eigenvalue weighted by molar-refractivity contribution is 6.31. The van der Waals surface area contributed by atoms with Crippen LogP contribution in [0.4, 0.5) is 5.69 Å². The molecule has 0 saturated carbocycles. The molecule has 2 aromatic carbocycles. The number of halogens is 1. The van der Waals surface area contributed by atoms with E-state index in [1.165, 1.54) is 0 Å². The van der Waals surface area contributed by atoms with Crippen molar-refractivity contribution in [3.05, 3.63) is 83.1 Å². The number of anilines is 1. The molecule has 0 fully saturated rings. The van der Waals surface area contributed by atoms with Crippen LogP contribution in [0, 0.1) is 0 Å². The van der Waals surface area contributed by atoms with Gasteiger partial charge in [-0.3, -0.25) is 19.3 Å². The second-order valence-electron chi connectivity index (χ2n) is 6.04. The van der Waals surface area contributed by atoms with Gasteiger partial charge in [-0.25, -0.2) is 0 Å². The van der Waals surface area contributed by atoms with Gasteiger partial charge in [0.25, 0.3) is 11.8 Å². The fourth-order valence-electron chi connectivity index (χ4n) is 3.04. The summed E-state index contributed by atoms with van der Waals surface area (Å²) in [5.41, 5.74) is 1.84. The van der Waals surface area contributed by atoms with E-state index in [-0.39, 0.29) is 6.54 Å². The van der Waals surface area contributed by atoms with Crippen LogP contribution in [0.25, 0.3) is 5.69 Å². The Hall–Kier alpha value is -3.38. The second kappa shape index (κ2) is 6.74. The molecule has 3 aromatic rings. The molecule has 3 amide bonds. The smallest absolute Gasteiger partial charge is 0.262 e. The lowest BCUT2D eigenvalue weighted by Crippen LogP contribution is -2.37. The molecule has 1 aliphatic heterocycles. The molecule has 0 unspecified atom stereocenters. The highest BCUT2D eigenvalue weighted by atomic mass is 35.5. The molecule has 2 heterocycles. The maximum atomic E-state index is 12.5. The van der Waals surface area contributed by atoms with Gasteiger partial charge in [0.1, 0.15) is 6.54 Å². The summed E-state index contributed by atoms with van der Waals surface area (Å²) in [6, 6.07) is 15.3. The van der Waals surface area contributed by atoms with Crippen LogP contribution in [0.3, 0.4) is 0 Å². The van der Waals surface area contributed by atoms with Gasteiger partial charge >= 0.3 is 0 Å². The van der Waals surface area contributed by atoms with Crippen LogP contribution < -0.4 is 5.32 Å². The first-order valence-corrected chi connectivity index (χ1v) is 8.60. The highest BCUT2D eigenvalue weighted by Gasteiger charge is 2.36. The van der Waals surface area contributed by atoms with Gasteiger partial charge in [0.05, 0.1) is 22.5 Å². The number of benzene rings is 2. The normalized spacial score (nSPS) is 13.0. The van der Waals surface area contributed by atoms with Crippen LogP contribution in [0.2, 0.25) is 5.02 Å². The van der Waals surface area contributed by atoms with Crippen LogP contribution in [0.5, 0.6) is 0 Å². The second-order valence-corrected chi connectivity index (χ2v) is 6.48. The van der Waals surface area contributed by atoms with E-state index < -0.39 is 17.7 Å². The Balaban J connectivity index is 1.55. The molecule has 1 aromatic heterocycles. The van der Waals surface area contributed by atoms with E-state index in [1.807, 2.05) is 29.1 Å². The van der Waals surface area contributed by atoms with E-state index >= 15 is 0 Å². The van der Waals surface area contributed by atoms with Crippen LogP contribution in [0.1, 0.15) is 20.7 Å². The van der Waals surface area contributed by atoms with E-state index in [1.54, 1.807) is 42.5 Å². The topological polar surface area (TPSA) is 71.4 Å². The first kappa shape index (κ1) is 17.1. The largest absolute Gasteiger partial charge is 0.323 e. The minimum absolute atomic E-state index is 0.315. The molecule has 1 N–H and O–H groups in total. The van der Waals surface area contributed by atoms with Gasteiger partial charge in [0, 0.05) is 17.4 Å². The number of amides is 3. The standard InChI is InChI=1S/C20H14ClN3O3/c21-13-7-8-16(17(11-13)23-9-3-4-10-23)22-18(25)12-24-19(26)14-5-1-2-6-15(14)20(24)27/h1-11H,12H2,(H,22,25). The first-order chi connectivity index (χ1) is 13.0. The summed E-state index contributed by atoms with van der Waals surface area (Å²) in [5, 5.41) is 3.28. The minimum Gasteiger partial charge on any atom is -0.323 e. The number of hydrogen-bond donors (Lipinski definition) is 1. The predicted octanol–water partition coefficient (Wildman–Crippen LogP) is 3.37. The highest BCUT2D eigenvalue weighted by Crippen LogP contribution is 2.26. The molecule has 0 atom stereocenters. The summed E-state index contributed by atoms with van der Waals surface area (Å²) < 4.78 is 1.81. The number of imide groups is 1. The van der Waals surface area contributed by atoms with E-state index in [9.17, 15) is 14.4 Å². The number of aromatic nitrogens is 1. The van der Waals surface area contributed by atoms with Gasteiger partial charge in [-0.1, -0.05) is 23.7 Å². The van der Waals surface area contributed by atoms with E-state index in [0.29, 0.717) is 27.5 Å². The quantitative estimate of drug-likeness (QED) is 0.706. The maximum Gasteiger partial charge on any atom is 0.262 e. The Labute approximate surface area is 160 Å². The summed E-state index contributed by atoms with van der Waals surface area (Å²) >= 11 is 6.07. The van der Waals surface area contributed by atoms with Crippen molar-refractivity contribution in [3.63, 3.8) is 0 Å². The average Bonchev–Trinajstić information content (AvgIpc) is 3.27. The molecule has 6 nitrogen and oxygen atoms in total. The number of carbonyl (C=O) groups excluding carboxylic acids is 3. The monoisotopic (exact) mass is 379 g/mol. The van der Waals surface area contributed by atoms with Crippen molar-refractivity contribution in [2.45, 2.75) is 0 Å². The Bertz CT molecular complexity index is 1030. The van der Waals surface area contributed by atoms with Crippen molar-refractivity contribution >= 4 is 35.0 Å². The zero-order chi connectivity index (χ0) is 19.0. The van der Waals surface area contributed by atoms with E-state index in [2.05, 4.69) is 5.32 Å². The Morgan fingerprint density at radius 1 is 0.926 bits per heavy atom. The van der Waals surface area contributed by atoms with Crippen molar-refractivity contribution in [2.75, 3.05) is 11.9 Å². The van der Waals surface area contributed by atoms with Crippen molar-refractivity contribution in [1.29, 1.82) is 0 Å². The summed E-state index contributed by atoms with van der Waals surface area (Å²) in [4.78, 5) is 38.3. The molecule has 0 radical (unpaired) electrons. The van der Waals surface area contributed by atoms with Gasteiger partial charge < -0.3 is 9.88 Å². The van der Waals surface area contributed by atoms with Gasteiger partial charge in [-0.15, -0.1) is 0 Å². The van der Waals surface area contributed by atoms with Gasteiger partial charge in [-0.2, -0.15) is 0 Å². The van der Waals surface area contributed by atoms with Crippen LogP contribution in [-0.2, 0) is 4.79 Å². The van der Waals surface area contributed by atoms with E-state index in [4.69, 9.17) is 11.6 Å². The molecule has 4 rings (SSSR count). The number of rotatable bonds is 4. The zero-order valence-electron chi connectivity index (χ0n) is 14.1. The van der Waals surface area contributed by atoms with Gasteiger partial charge in [0.2, 0.25) is 5.91 Å². The van der Waals surface area contributed by atoms with Gasteiger partial charge in [0.15, 0.2) is 0 Å². The lowest BCUT2D eigenvalue weighted by Gasteiger charge is -2.16. The number of fused-ring (bicyclic) bond motifs is 1.